The number of hydrogen-bond acceptors (Lipinski definition) is 3. The smallest absolute Gasteiger partial charge is 0.321 e. The molecule has 1 aliphatic rings. The third kappa shape index (κ3) is 4.09. The number of hydrogen-bond donors (Lipinski definition) is 2. The molecule has 6 heteroatoms. The summed E-state index contributed by atoms with van der Waals surface area (Å²) in [5, 5.41) is 12.4. The van der Waals surface area contributed by atoms with E-state index in [4.69, 9.17) is 0 Å². The molecule has 2 N–H and O–H groups in total. The summed E-state index contributed by atoms with van der Waals surface area (Å²) < 4.78 is 0. The molecule has 0 bridgehead atoms. The number of carbonyl (C=O) groups is 2. The zero-order valence-electron chi connectivity index (χ0n) is 14.1. The Balaban J connectivity index is 1.55. The van der Waals surface area contributed by atoms with Crippen LogP contribution in [0.4, 0.5) is 10.5 Å². The number of nitrogens with one attached hydrogen (secondary N) is 1. The fraction of sp³-hybridized carbons (Fsp3) is 0.263. The summed E-state index contributed by atoms with van der Waals surface area (Å²) in [6.07, 6.45) is 0. The number of nitrogens with zero attached hydrogens (tertiary/aromatic N) is 2. The number of benzene rings is 2. The van der Waals surface area contributed by atoms with Gasteiger partial charge in [0.1, 0.15) is 5.75 Å². The van der Waals surface area contributed by atoms with Crippen molar-refractivity contribution in [3.63, 3.8) is 0 Å². The average Bonchev–Trinajstić information content (AvgIpc) is 2.63. The monoisotopic (exact) mass is 339 g/mol. The lowest BCUT2D eigenvalue weighted by Crippen LogP contribution is -2.51. The number of anilines is 1. The van der Waals surface area contributed by atoms with Gasteiger partial charge in [-0.15, -0.1) is 0 Å². The Morgan fingerprint density at radius 3 is 2.24 bits per heavy atom. The molecular weight excluding hydrogens is 318 g/mol. The molecule has 0 saturated carbocycles. The Bertz CT molecular complexity index is 766. The van der Waals surface area contributed by atoms with E-state index in [0.717, 1.165) is 11.3 Å². The molecule has 0 unspecified atom stereocenters. The van der Waals surface area contributed by atoms with E-state index in [1.54, 1.807) is 21.9 Å². The first-order valence-corrected chi connectivity index (χ1v) is 8.24. The molecule has 0 atom stereocenters. The normalized spacial score (nSPS) is 14.3. The van der Waals surface area contributed by atoms with Gasteiger partial charge in [0, 0.05) is 37.4 Å². The minimum atomic E-state index is -0.159. The fourth-order valence-corrected chi connectivity index (χ4v) is 2.77. The lowest BCUT2D eigenvalue weighted by molar-refractivity contribution is 0.0671. The van der Waals surface area contributed by atoms with E-state index >= 15 is 0 Å². The summed E-state index contributed by atoms with van der Waals surface area (Å²) in [5.41, 5.74) is 2.35. The van der Waals surface area contributed by atoms with Gasteiger partial charge >= 0.3 is 6.03 Å². The lowest BCUT2D eigenvalue weighted by Gasteiger charge is -2.34. The number of aromatic hydroxyl groups is 1. The molecule has 1 saturated heterocycles. The number of rotatable bonds is 2. The quantitative estimate of drug-likeness (QED) is 0.883. The van der Waals surface area contributed by atoms with Crippen LogP contribution in [0.5, 0.6) is 5.75 Å². The van der Waals surface area contributed by atoms with Crippen LogP contribution < -0.4 is 5.32 Å². The zero-order valence-corrected chi connectivity index (χ0v) is 14.1. The van der Waals surface area contributed by atoms with Crippen LogP contribution in [0.25, 0.3) is 0 Å². The van der Waals surface area contributed by atoms with Crippen molar-refractivity contribution in [2.45, 2.75) is 6.92 Å². The third-order valence-corrected chi connectivity index (χ3v) is 4.25. The lowest BCUT2D eigenvalue weighted by atomic mass is 10.1. The van der Waals surface area contributed by atoms with Crippen LogP contribution in [0, 0.1) is 6.92 Å². The second kappa shape index (κ2) is 7.25. The molecule has 1 aliphatic heterocycles. The van der Waals surface area contributed by atoms with Gasteiger partial charge < -0.3 is 20.2 Å². The first-order valence-electron chi connectivity index (χ1n) is 8.24. The van der Waals surface area contributed by atoms with Crippen LogP contribution in [0.15, 0.2) is 48.5 Å². The number of carbonyl (C=O) groups excluding carboxylic acids is 2. The van der Waals surface area contributed by atoms with Crippen molar-refractivity contribution in [2.75, 3.05) is 31.5 Å². The summed E-state index contributed by atoms with van der Waals surface area (Å²) in [7, 11) is 0. The van der Waals surface area contributed by atoms with Crippen molar-refractivity contribution in [3.05, 3.63) is 59.7 Å². The molecule has 2 aromatic rings. The number of amides is 3. The summed E-state index contributed by atoms with van der Waals surface area (Å²) >= 11 is 0. The maximum absolute atomic E-state index is 12.4. The van der Waals surface area contributed by atoms with E-state index in [1.165, 1.54) is 12.1 Å². The van der Waals surface area contributed by atoms with E-state index < -0.39 is 0 Å². The zero-order chi connectivity index (χ0) is 17.8. The Morgan fingerprint density at radius 2 is 1.60 bits per heavy atom. The Morgan fingerprint density at radius 1 is 0.960 bits per heavy atom. The molecule has 0 aliphatic carbocycles. The van der Waals surface area contributed by atoms with E-state index in [-0.39, 0.29) is 17.7 Å². The number of urea groups is 1. The molecule has 25 heavy (non-hydrogen) atoms. The van der Waals surface area contributed by atoms with E-state index in [2.05, 4.69) is 5.32 Å². The summed E-state index contributed by atoms with van der Waals surface area (Å²) in [6.45, 7) is 3.88. The van der Waals surface area contributed by atoms with Crippen LogP contribution in [-0.2, 0) is 0 Å². The first kappa shape index (κ1) is 16.8. The molecule has 130 valence electrons. The maximum atomic E-state index is 12.4. The summed E-state index contributed by atoms with van der Waals surface area (Å²) in [4.78, 5) is 28.2. The minimum absolute atomic E-state index is 0.0713. The van der Waals surface area contributed by atoms with Crippen molar-refractivity contribution >= 4 is 17.6 Å². The number of phenolic OH excluding ortho intramolecular Hbond substituents is 1. The third-order valence-electron chi connectivity index (χ3n) is 4.25. The standard InChI is InChI=1S/C19H21N3O3/c1-14-5-7-16(8-6-14)20-19(25)22-11-9-21(10-12-22)18(24)15-3-2-4-17(23)13-15/h2-8,13,23H,9-12H2,1H3,(H,20,25). The van der Waals surface area contributed by atoms with Crippen LogP contribution in [0.2, 0.25) is 0 Å². The van der Waals surface area contributed by atoms with E-state index in [9.17, 15) is 14.7 Å². The van der Waals surface area contributed by atoms with Crippen molar-refractivity contribution in [3.8, 4) is 5.75 Å². The molecule has 6 nitrogen and oxygen atoms in total. The number of piperazine rings is 1. The highest BCUT2D eigenvalue weighted by atomic mass is 16.3. The van der Waals surface area contributed by atoms with Gasteiger partial charge in [-0.2, -0.15) is 0 Å². The summed E-state index contributed by atoms with van der Waals surface area (Å²) in [5.74, 6) is -0.0588. The Kier molecular flexibility index (Phi) is 4.88. The highest BCUT2D eigenvalue weighted by molar-refractivity contribution is 5.95. The second-order valence-electron chi connectivity index (χ2n) is 6.13. The second-order valence-corrected chi connectivity index (χ2v) is 6.13. The number of phenols is 1. The predicted octanol–water partition coefficient (Wildman–Crippen LogP) is 2.69. The fourth-order valence-electron chi connectivity index (χ4n) is 2.77. The van der Waals surface area contributed by atoms with Gasteiger partial charge in [-0.1, -0.05) is 23.8 Å². The predicted molar refractivity (Wildman–Crippen MR) is 95.8 cm³/mol. The van der Waals surface area contributed by atoms with E-state index in [0.29, 0.717) is 31.7 Å². The maximum Gasteiger partial charge on any atom is 0.321 e. The van der Waals surface area contributed by atoms with Crippen molar-refractivity contribution in [1.29, 1.82) is 0 Å². The highest BCUT2D eigenvalue weighted by Gasteiger charge is 2.25. The van der Waals surface area contributed by atoms with Crippen molar-refractivity contribution in [1.82, 2.24) is 9.80 Å². The summed E-state index contributed by atoms with van der Waals surface area (Å²) in [6, 6.07) is 13.8. The molecule has 0 aromatic heterocycles. The molecule has 1 fully saturated rings. The Labute approximate surface area is 146 Å². The van der Waals surface area contributed by atoms with Gasteiger partial charge in [0.2, 0.25) is 0 Å². The first-order chi connectivity index (χ1) is 12.0. The molecule has 3 rings (SSSR count). The van der Waals surface area contributed by atoms with Crippen molar-refractivity contribution < 1.29 is 14.7 Å². The average molecular weight is 339 g/mol. The SMILES string of the molecule is Cc1ccc(NC(=O)N2CCN(C(=O)c3cccc(O)c3)CC2)cc1. The van der Waals surface area contributed by atoms with Gasteiger partial charge in [-0.05, 0) is 37.3 Å². The van der Waals surface area contributed by atoms with Gasteiger partial charge in [0.25, 0.3) is 5.91 Å². The minimum Gasteiger partial charge on any atom is -0.508 e. The van der Waals surface area contributed by atoms with Gasteiger partial charge in [-0.3, -0.25) is 4.79 Å². The Hall–Kier alpha value is -3.02. The molecule has 0 spiro atoms. The molecule has 3 amide bonds. The molecular formula is C19H21N3O3. The van der Waals surface area contributed by atoms with Crippen LogP contribution in [0.1, 0.15) is 15.9 Å². The van der Waals surface area contributed by atoms with Gasteiger partial charge in [0.05, 0.1) is 0 Å². The van der Waals surface area contributed by atoms with E-state index in [1.807, 2.05) is 31.2 Å². The van der Waals surface area contributed by atoms with Gasteiger partial charge in [0.15, 0.2) is 0 Å². The van der Waals surface area contributed by atoms with Crippen LogP contribution >= 0.6 is 0 Å². The molecule has 0 radical (unpaired) electrons. The highest BCUT2D eigenvalue weighted by Crippen LogP contribution is 2.15. The van der Waals surface area contributed by atoms with Crippen LogP contribution in [-0.4, -0.2) is 53.0 Å². The van der Waals surface area contributed by atoms with Crippen LogP contribution in [0.3, 0.4) is 0 Å². The van der Waals surface area contributed by atoms with Gasteiger partial charge in [-0.25, -0.2) is 4.79 Å². The topological polar surface area (TPSA) is 72.9 Å². The largest absolute Gasteiger partial charge is 0.508 e. The van der Waals surface area contributed by atoms with Crippen molar-refractivity contribution in [2.24, 2.45) is 0 Å². The number of aryl methyl sites for hydroxylation is 1. The molecule has 1 heterocycles. The molecule has 2 aromatic carbocycles.